The van der Waals surface area contributed by atoms with Crippen LogP contribution in [-0.4, -0.2) is 28.1 Å². The Morgan fingerprint density at radius 2 is 2.33 bits per heavy atom. The molecule has 0 spiro atoms. The zero-order chi connectivity index (χ0) is 4.99. The minimum absolute atomic E-state index is 0.265. The van der Waals surface area contributed by atoms with Gasteiger partial charge in [-0.3, -0.25) is 0 Å². The molecule has 4 heteroatoms. The van der Waals surface area contributed by atoms with Crippen molar-refractivity contribution >= 4 is 39.8 Å². The first-order chi connectivity index (χ1) is 2.81. The highest BCUT2D eigenvalue weighted by Crippen LogP contribution is 1.95. The van der Waals surface area contributed by atoms with Crippen LogP contribution in [0.1, 0.15) is 0 Å². The zero-order valence-corrected chi connectivity index (χ0v) is 6.96. The van der Waals surface area contributed by atoms with E-state index in [1.165, 1.54) is 0 Å². The minimum atomic E-state index is -0.265. The van der Waals surface area contributed by atoms with Crippen LogP contribution in [0, 0.1) is 0 Å². The summed E-state index contributed by atoms with van der Waals surface area (Å²) in [5, 5.41) is 0. The lowest BCUT2D eigenvalue weighted by molar-refractivity contribution is 0.335. The maximum atomic E-state index is 5.33. The molecule has 0 saturated heterocycles. The molecule has 0 aliphatic rings. The Labute approximate surface area is 55.3 Å². The van der Waals surface area contributed by atoms with Gasteiger partial charge in [0, 0.05) is 0 Å². The van der Waals surface area contributed by atoms with Gasteiger partial charge in [-0.05, 0) is 0 Å². The first-order valence-corrected chi connectivity index (χ1v) is 3.33. The number of halogens is 2. The highest BCUT2D eigenvalue weighted by Gasteiger charge is 1.92. The predicted molar refractivity (Wildman–Crippen MR) is 30.0 cm³/mol. The van der Waals surface area contributed by atoms with E-state index < -0.39 is 0 Å². The van der Waals surface area contributed by atoms with Crippen LogP contribution < -0.4 is 0 Å². The second-order valence-electron chi connectivity index (χ2n) is 0.800. The SMILES string of the molecule is [AlH2][O]C(Cl)CCl. The van der Waals surface area contributed by atoms with Crippen LogP contribution >= 0.6 is 23.2 Å². The third-order valence-electron chi connectivity index (χ3n) is 0.377. The Balaban J connectivity index is 2.75. The quantitative estimate of drug-likeness (QED) is 0.400. The van der Waals surface area contributed by atoms with Crippen molar-refractivity contribution in [2.24, 2.45) is 0 Å². The van der Waals surface area contributed by atoms with Crippen LogP contribution in [-0.2, 0) is 3.79 Å². The van der Waals surface area contributed by atoms with Gasteiger partial charge in [0.25, 0.3) is 0 Å². The van der Waals surface area contributed by atoms with Gasteiger partial charge in [0.2, 0.25) is 0 Å². The molecule has 1 nitrogen and oxygen atoms in total. The van der Waals surface area contributed by atoms with Crippen LogP contribution in [0.15, 0.2) is 0 Å². The van der Waals surface area contributed by atoms with Gasteiger partial charge in [-0.15, -0.1) is 11.6 Å². The molecule has 0 heterocycles. The molecule has 0 aromatic rings. The van der Waals surface area contributed by atoms with Crippen molar-refractivity contribution in [3.05, 3.63) is 0 Å². The van der Waals surface area contributed by atoms with Gasteiger partial charge < -0.3 is 3.79 Å². The molecule has 36 valence electrons. The van der Waals surface area contributed by atoms with E-state index in [4.69, 9.17) is 23.2 Å². The molecular formula is C2H5AlCl2O. The molecule has 1 atom stereocenters. The summed E-state index contributed by atoms with van der Waals surface area (Å²) in [6, 6.07) is 0. The molecule has 6 heavy (non-hydrogen) atoms. The lowest BCUT2D eigenvalue weighted by Gasteiger charge is -1.99. The Bertz CT molecular complexity index is 30.7. The molecule has 0 bridgehead atoms. The Kier molecular flexibility index (Phi) is 4.99. The predicted octanol–water partition coefficient (Wildman–Crippen LogP) is 0.355. The Hall–Kier alpha value is 1.07. The van der Waals surface area contributed by atoms with E-state index in [2.05, 4.69) is 3.79 Å². The smallest absolute Gasteiger partial charge is 0.411 e. The number of hydrogen-bond acceptors (Lipinski definition) is 1. The van der Waals surface area contributed by atoms with Crippen molar-refractivity contribution in [2.45, 2.75) is 5.56 Å². The zero-order valence-electron chi connectivity index (χ0n) is 3.45. The topological polar surface area (TPSA) is 9.23 Å². The van der Waals surface area contributed by atoms with Crippen molar-refractivity contribution in [3.63, 3.8) is 0 Å². The monoisotopic (exact) mass is 142 g/mol. The third kappa shape index (κ3) is 3.27. The van der Waals surface area contributed by atoms with Gasteiger partial charge in [0.05, 0.1) is 5.88 Å². The van der Waals surface area contributed by atoms with E-state index in [-0.39, 0.29) is 5.56 Å². The average Bonchev–Trinajstić information content (AvgIpc) is 1.65. The molecule has 0 radical (unpaired) electrons. The highest BCUT2D eigenvalue weighted by molar-refractivity contribution is 6.28. The van der Waals surface area contributed by atoms with Crippen LogP contribution in [0.3, 0.4) is 0 Å². The molecule has 0 rings (SSSR count). The number of hydrogen-bond donors (Lipinski definition) is 0. The lowest BCUT2D eigenvalue weighted by atomic mass is 10.9. The molecular weight excluding hydrogens is 138 g/mol. The van der Waals surface area contributed by atoms with E-state index in [0.29, 0.717) is 22.5 Å². The van der Waals surface area contributed by atoms with Gasteiger partial charge >= 0.3 is 16.6 Å². The second kappa shape index (κ2) is 4.24. The van der Waals surface area contributed by atoms with Gasteiger partial charge in [-0.25, -0.2) is 0 Å². The van der Waals surface area contributed by atoms with Crippen molar-refractivity contribution < 1.29 is 3.79 Å². The van der Waals surface area contributed by atoms with Crippen molar-refractivity contribution in [3.8, 4) is 0 Å². The normalized spacial score (nSPS) is 14.3. The van der Waals surface area contributed by atoms with Crippen molar-refractivity contribution in [2.75, 3.05) is 5.88 Å². The molecule has 0 aliphatic carbocycles. The summed E-state index contributed by atoms with van der Waals surface area (Å²) in [6.07, 6.45) is 0. The Morgan fingerprint density at radius 1 is 1.83 bits per heavy atom. The molecule has 0 aliphatic heterocycles. The summed E-state index contributed by atoms with van der Waals surface area (Å²) in [6.45, 7) is 0. The van der Waals surface area contributed by atoms with Gasteiger partial charge in [0.15, 0.2) is 0 Å². The number of rotatable bonds is 2. The summed E-state index contributed by atoms with van der Waals surface area (Å²) in [4.78, 5) is 0. The van der Waals surface area contributed by atoms with Gasteiger partial charge in [-0.2, -0.15) is 0 Å². The summed E-state index contributed by atoms with van der Waals surface area (Å²) >= 11 is 11.2. The molecule has 0 aromatic carbocycles. The fraction of sp³-hybridized carbons (Fsp3) is 1.00. The number of alkyl halides is 2. The summed E-state index contributed by atoms with van der Waals surface area (Å²) < 4.78 is 4.67. The third-order valence-corrected chi connectivity index (χ3v) is 2.02. The van der Waals surface area contributed by atoms with Gasteiger partial charge in [0.1, 0.15) is 5.56 Å². The molecule has 0 fully saturated rings. The van der Waals surface area contributed by atoms with Crippen molar-refractivity contribution in [1.82, 2.24) is 0 Å². The van der Waals surface area contributed by atoms with E-state index in [1.807, 2.05) is 0 Å². The lowest BCUT2D eigenvalue weighted by Crippen LogP contribution is -2.02. The first-order valence-electron chi connectivity index (χ1n) is 1.54. The van der Waals surface area contributed by atoms with Gasteiger partial charge in [-0.1, -0.05) is 11.6 Å². The van der Waals surface area contributed by atoms with E-state index in [0.717, 1.165) is 0 Å². The molecule has 0 saturated carbocycles. The summed E-state index contributed by atoms with van der Waals surface area (Å²) in [7, 11) is 0. The summed E-state index contributed by atoms with van der Waals surface area (Å²) in [5.41, 5.74) is -0.265. The van der Waals surface area contributed by atoms with E-state index >= 15 is 0 Å². The summed E-state index contributed by atoms with van der Waals surface area (Å²) in [5.74, 6) is 0.380. The molecule has 0 N–H and O–H groups in total. The first kappa shape index (κ1) is 7.07. The van der Waals surface area contributed by atoms with Crippen LogP contribution in [0.25, 0.3) is 0 Å². The Morgan fingerprint density at radius 3 is 2.33 bits per heavy atom. The van der Waals surface area contributed by atoms with E-state index in [9.17, 15) is 0 Å². The maximum absolute atomic E-state index is 5.33. The fourth-order valence-electron chi connectivity index (χ4n) is 0.0630. The highest BCUT2D eigenvalue weighted by atomic mass is 35.5. The molecule has 0 amide bonds. The van der Waals surface area contributed by atoms with E-state index in [1.54, 1.807) is 0 Å². The minimum Gasteiger partial charge on any atom is -0.492 e. The second-order valence-corrected chi connectivity index (χ2v) is 2.07. The molecule has 0 aromatic heterocycles. The van der Waals surface area contributed by atoms with Crippen LogP contribution in [0.4, 0.5) is 0 Å². The largest absolute Gasteiger partial charge is 0.492 e. The fourth-order valence-corrected chi connectivity index (χ4v) is 0.567. The van der Waals surface area contributed by atoms with Crippen LogP contribution in [0.2, 0.25) is 0 Å². The van der Waals surface area contributed by atoms with Crippen LogP contribution in [0.5, 0.6) is 0 Å². The average molecular weight is 143 g/mol. The maximum Gasteiger partial charge on any atom is 0.411 e. The standard InChI is InChI=1S/C2H3Cl2O.Al.2H/c3-1-2(4)5;;;/h2H,1H2;;;/q-1;+1;;. The molecule has 1 unspecified atom stereocenters. The van der Waals surface area contributed by atoms with Crippen molar-refractivity contribution in [1.29, 1.82) is 0 Å².